The number of rotatable bonds is 8. The molecule has 2 atom stereocenters. The van der Waals surface area contributed by atoms with E-state index in [1.165, 1.54) is 0 Å². The minimum absolute atomic E-state index is 0.0270. The first-order chi connectivity index (χ1) is 13.7. The maximum absolute atomic E-state index is 10.9. The van der Waals surface area contributed by atoms with E-state index in [-0.39, 0.29) is 17.1 Å². The fourth-order valence-corrected chi connectivity index (χ4v) is 4.60. The molecule has 0 bridgehead atoms. The lowest BCUT2D eigenvalue weighted by atomic mass is 10.1. The van der Waals surface area contributed by atoms with Crippen molar-refractivity contribution >= 4 is 46.3 Å². The summed E-state index contributed by atoms with van der Waals surface area (Å²) >= 11 is 1.49. The van der Waals surface area contributed by atoms with Crippen molar-refractivity contribution in [3.63, 3.8) is 0 Å². The number of furan rings is 1. The molecule has 0 saturated carbocycles. The third-order valence-electron chi connectivity index (χ3n) is 4.19. The minimum Gasteiger partial charge on any atom is -0.539 e. The Hall–Kier alpha value is -1.65. The summed E-state index contributed by atoms with van der Waals surface area (Å²) in [5.74, 6) is 1.13. The number of alkyl halides is 1. The Kier molecular flexibility index (Phi) is 6.85. The normalized spacial score (nSPS) is 14.1. The zero-order valence-electron chi connectivity index (χ0n) is 16.4. The number of hydrogen-bond acceptors (Lipinski definition) is 4. The van der Waals surface area contributed by atoms with Crippen molar-refractivity contribution in [2.24, 2.45) is 0 Å². The van der Waals surface area contributed by atoms with Crippen LogP contribution < -0.4 is 9.15 Å². The van der Waals surface area contributed by atoms with Crippen LogP contribution >= 0.6 is 15.9 Å². The SMILES string of the molecule is C[Si](C)(C)Oc1c(C(Br)CCNS(=O)O)oc(-c2ccc3ccccc3c2)c1O. The fraction of sp³-hybridized carbons (Fsp3) is 0.300. The molecule has 2 unspecified atom stereocenters. The molecule has 2 aromatic carbocycles. The average molecular weight is 498 g/mol. The molecule has 0 aliphatic rings. The van der Waals surface area contributed by atoms with E-state index in [0.717, 1.165) is 16.3 Å². The molecule has 9 heteroatoms. The van der Waals surface area contributed by atoms with Gasteiger partial charge in [0.05, 0.1) is 4.83 Å². The van der Waals surface area contributed by atoms with E-state index in [0.29, 0.717) is 23.7 Å². The van der Waals surface area contributed by atoms with Crippen molar-refractivity contribution in [3.05, 3.63) is 48.2 Å². The van der Waals surface area contributed by atoms with Gasteiger partial charge in [0, 0.05) is 12.1 Å². The predicted molar refractivity (Wildman–Crippen MR) is 122 cm³/mol. The maximum atomic E-state index is 10.9. The van der Waals surface area contributed by atoms with Gasteiger partial charge in [-0.25, -0.2) is 8.93 Å². The molecule has 6 nitrogen and oxygen atoms in total. The third kappa shape index (κ3) is 5.49. The van der Waals surface area contributed by atoms with Gasteiger partial charge in [-0.2, -0.15) is 0 Å². The molecule has 3 N–H and O–H groups in total. The maximum Gasteiger partial charge on any atom is 0.242 e. The second-order valence-corrected chi connectivity index (χ2v) is 14.0. The molecule has 0 fully saturated rings. The van der Waals surface area contributed by atoms with Gasteiger partial charge in [-0.15, -0.1) is 0 Å². The average Bonchev–Trinajstić information content (AvgIpc) is 2.96. The van der Waals surface area contributed by atoms with Crippen molar-refractivity contribution in [1.29, 1.82) is 0 Å². The summed E-state index contributed by atoms with van der Waals surface area (Å²) in [4.78, 5) is -0.301. The van der Waals surface area contributed by atoms with Crippen LogP contribution in [0.1, 0.15) is 17.0 Å². The van der Waals surface area contributed by atoms with E-state index >= 15 is 0 Å². The highest BCUT2D eigenvalue weighted by atomic mass is 79.9. The van der Waals surface area contributed by atoms with Crippen LogP contribution in [0.3, 0.4) is 0 Å². The summed E-state index contributed by atoms with van der Waals surface area (Å²) in [5, 5.41) is 13.1. The second kappa shape index (κ2) is 9.01. The quantitative estimate of drug-likeness (QED) is 0.215. The monoisotopic (exact) mass is 497 g/mol. The van der Waals surface area contributed by atoms with Crippen LogP contribution in [0.4, 0.5) is 0 Å². The molecule has 0 radical (unpaired) electrons. The molecule has 0 saturated heterocycles. The van der Waals surface area contributed by atoms with Crippen molar-refractivity contribution in [2.45, 2.75) is 30.9 Å². The molecule has 1 aromatic heterocycles. The Morgan fingerprint density at radius 2 is 1.90 bits per heavy atom. The highest BCUT2D eigenvalue weighted by molar-refractivity contribution is 9.09. The van der Waals surface area contributed by atoms with Gasteiger partial charge in [0.2, 0.25) is 25.3 Å². The van der Waals surface area contributed by atoms with Crippen molar-refractivity contribution in [2.75, 3.05) is 6.54 Å². The van der Waals surface area contributed by atoms with Gasteiger partial charge in [0.1, 0.15) is 0 Å². The largest absolute Gasteiger partial charge is 0.539 e. The third-order valence-corrected chi connectivity index (χ3v) is 6.33. The number of aromatic hydroxyl groups is 1. The van der Waals surface area contributed by atoms with Crippen LogP contribution in [0.25, 0.3) is 22.1 Å². The predicted octanol–water partition coefficient (Wildman–Crippen LogP) is 5.57. The van der Waals surface area contributed by atoms with Crippen LogP contribution in [-0.4, -0.2) is 28.7 Å². The molecule has 156 valence electrons. The first-order valence-electron chi connectivity index (χ1n) is 9.18. The first kappa shape index (κ1) is 22.0. The van der Waals surface area contributed by atoms with Gasteiger partial charge in [-0.05, 0) is 42.9 Å². The van der Waals surface area contributed by atoms with E-state index in [2.05, 4.69) is 20.7 Å². The smallest absolute Gasteiger partial charge is 0.242 e. The van der Waals surface area contributed by atoms with Crippen LogP contribution in [-0.2, 0) is 11.3 Å². The molecular weight excluding hydrogens is 474 g/mol. The minimum atomic E-state index is -2.08. The van der Waals surface area contributed by atoms with Crippen LogP contribution in [0.15, 0.2) is 46.9 Å². The van der Waals surface area contributed by atoms with Gasteiger partial charge < -0.3 is 13.9 Å². The summed E-state index contributed by atoms with van der Waals surface area (Å²) in [6, 6.07) is 13.8. The summed E-state index contributed by atoms with van der Waals surface area (Å²) in [7, 11) is -2.03. The van der Waals surface area contributed by atoms with Crippen molar-refractivity contribution in [1.82, 2.24) is 4.72 Å². The highest BCUT2D eigenvalue weighted by Crippen LogP contribution is 2.49. The molecule has 3 rings (SSSR count). The van der Waals surface area contributed by atoms with Crippen molar-refractivity contribution in [3.8, 4) is 22.8 Å². The Balaban J connectivity index is 2.01. The lowest BCUT2D eigenvalue weighted by Crippen LogP contribution is -2.29. The number of benzene rings is 2. The lowest BCUT2D eigenvalue weighted by molar-refractivity contribution is 0.438. The number of hydrogen-bond donors (Lipinski definition) is 3. The fourth-order valence-electron chi connectivity index (χ4n) is 2.97. The molecule has 0 aliphatic heterocycles. The Bertz CT molecular complexity index is 1030. The Labute approximate surface area is 181 Å². The van der Waals surface area contributed by atoms with E-state index < -0.39 is 19.6 Å². The lowest BCUT2D eigenvalue weighted by Gasteiger charge is -2.20. The van der Waals surface area contributed by atoms with Crippen LogP contribution in [0.2, 0.25) is 19.6 Å². The topological polar surface area (TPSA) is 91.9 Å². The molecule has 0 spiro atoms. The Morgan fingerprint density at radius 1 is 1.21 bits per heavy atom. The number of fused-ring (bicyclic) bond motifs is 1. The van der Waals surface area contributed by atoms with Crippen LogP contribution in [0, 0.1) is 0 Å². The second-order valence-electron chi connectivity index (χ2n) is 7.65. The van der Waals surface area contributed by atoms with Crippen molar-refractivity contribution < 1.29 is 22.7 Å². The zero-order chi connectivity index (χ0) is 21.2. The zero-order valence-corrected chi connectivity index (χ0v) is 19.8. The van der Waals surface area contributed by atoms with Gasteiger partial charge in [0.15, 0.2) is 17.3 Å². The highest BCUT2D eigenvalue weighted by Gasteiger charge is 2.30. The number of halogens is 1. The molecule has 3 aromatic rings. The summed E-state index contributed by atoms with van der Waals surface area (Å²) in [5.41, 5.74) is 0.752. The van der Waals surface area contributed by atoms with Gasteiger partial charge >= 0.3 is 0 Å². The summed E-state index contributed by atoms with van der Waals surface area (Å²) in [6.07, 6.45) is 0.471. The molecule has 0 amide bonds. The van der Waals surface area contributed by atoms with Crippen LogP contribution in [0.5, 0.6) is 11.5 Å². The van der Waals surface area contributed by atoms with E-state index in [1.54, 1.807) is 0 Å². The standard InChI is InChI=1S/C20H24BrNO5SSi/c1-29(2,3)27-20-17(23)18(26-19(20)16(21)10-11-22-28(24)25)15-9-8-13-6-4-5-7-14(13)12-15/h4-9,12,16,22-23H,10-11H2,1-3H3,(H,24,25). The molecule has 1 heterocycles. The van der Waals surface area contributed by atoms with E-state index in [9.17, 15) is 9.32 Å². The molecule has 0 aliphatic carbocycles. The van der Waals surface area contributed by atoms with Gasteiger partial charge in [0.25, 0.3) is 0 Å². The molecule has 29 heavy (non-hydrogen) atoms. The van der Waals surface area contributed by atoms with E-state index in [4.69, 9.17) is 13.4 Å². The summed E-state index contributed by atoms with van der Waals surface area (Å²) in [6.45, 7) is 6.37. The van der Waals surface area contributed by atoms with E-state index in [1.807, 2.05) is 62.1 Å². The number of nitrogens with one attached hydrogen (secondary N) is 1. The Morgan fingerprint density at radius 3 is 2.55 bits per heavy atom. The summed E-state index contributed by atoms with van der Waals surface area (Å²) < 4.78 is 34.4. The first-order valence-corrected chi connectivity index (χ1v) is 14.6. The van der Waals surface area contributed by atoms with Gasteiger partial charge in [-0.1, -0.05) is 52.3 Å². The van der Waals surface area contributed by atoms with Gasteiger partial charge in [-0.3, -0.25) is 4.55 Å². The molecular formula is C20H24BrNO5SSi.